The summed E-state index contributed by atoms with van der Waals surface area (Å²) < 4.78 is 46.6. The Kier molecular flexibility index (Phi) is 16.1. The molecule has 0 bridgehead atoms. The molecule has 1 aromatic heterocycles. The summed E-state index contributed by atoms with van der Waals surface area (Å²) in [5.74, 6) is -2.82. The molecule has 1 fully saturated rings. The summed E-state index contributed by atoms with van der Waals surface area (Å²) in [6.07, 6.45) is 4.61. The average molecular weight is 963 g/mol. The number of aromatic nitrogens is 2. The number of halogens is 3. The van der Waals surface area contributed by atoms with Crippen LogP contribution < -0.4 is 21.3 Å². The summed E-state index contributed by atoms with van der Waals surface area (Å²) in [6, 6.07) is 19.9. The third kappa shape index (κ3) is 12.0. The number of ether oxygens (including phenoxy) is 3. The van der Waals surface area contributed by atoms with E-state index < -0.39 is 23.6 Å². The third-order valence-corrected chi connectivity index (χ3v) is 11.9. The van der Waals surface area contributed by atoms with Gasteiger partial charge in [-0.2, -0.15) is 0 Å². The Morgan fingerprint density at radius 1 is 0.826 bits per heavy atom. The van der Waals surface area contributed by atoms with Crippen molar-refractivity contribution in [1.82, 2.24) is 25.5 Å². The number of hydrogen-bond donors (Lipinski definition) is 4. The van der Waals surface area contributed by atoms with Gasteiger partial charge in [0.05, 0.1) is 63.0 Å². The lowest BCUT2D eigenvalue weighted by Gasteiger charge is -2.29. The van der Waals surface area contributed by atoms with Gasteiger partial charge in [0, 0.05) is 82.1 Å². The van der Waals surface area contributed by atoms with E-state index in [-0.39, 0.29) is 79.8 Å². The Morgan fingerprint density at radius 3 is 2.33 bits per heavy atom. The molecule has 0 saturated carbocycles. The van der Waals surface area contributed by atoms with Crippen LogP contribution in [0, 0.1) is 11.6 Å². The van der Waals surface area contributed by atoms with Crippen molar-refractivity contribution in [2.75, 3.05) is 56.8 Å². The van der Waals surface area contributed by atoms with Gasteiger partial charge in [0.2, 0.25) is 23.7 Å². The Bertz CT molecular complexity index is 2760. The molecule has 5 amide bonds. The Morgan fingerprint density at radius 2 is 1.57 bits per heavy atom. The third-order valence-electron chi connectivity index (χ3n) is 11.7. The van der Waals surface area contributed by atoms with E-state index in [1.54, 1.807) is 66.9 Å². The SMILES string of the molecule is O=C1CCC(N2Cc3c(NC(=O)CCOCCOCCOCCCCCNC(=O)c4ccc(Nc5ncc6c(n5)-c5ccc(Cl)cc5C(c5c(F)cccc5F)=NC6)cc4)cccc3C2=O)C(=O)N1. The molecule has 3 aliphatic rings. The molecule has 0 spiro atoms. The molecule has 1 unspecified atom stereocenters. The number of unbranched alkanes of at least 4 members (excludes halogenated alkanes) is 2. The minimum atomic E-state index is -0.738. The first-order chi connectivity index (χ1) is 33.5. The van der Waals surface area contributed by atoms with E-state index in [1.165, 1.54) is 23.1 Å². The molecule has 69 heavy (non-hydrogen) atoms. The van der Waals surface area contributed by atoms with Crippen molar-refractivity contribution < 1.29 is 47.0 Å². The summed E-state index contributed by atoms with van der Waals surface area (Å²) in [5, 5.41) is 11.6. The number of amides is 5. The van der Waals surface area contributed by atoms with Crippen LogP contribution in [0.1, 0.15) is 81.5 Å². The van der Waals surface area contributed by atoms with Gasteiger partial charge in [-0.15, -0.1) is 0 Å². The zero-order valence-corrected chi connectivity index (χ0v) is 38.2. The lowest BCUT2D eigenvalue weighted by Crippen LogP contribution is -2.52. The molecule has 8 rings (SSSR count). The van der Waals surface area contributed by atoms with E-state index in [4.69, 9.17) is 30.8 Å². The number of benzene rings is 4. The highest BCUT2D eigenvalue weighted by Gasteiger charge is 2.40. The average Bonchev–Trinajstić information content (AvgIpc) is 3.59. The second-order valence-electron chi connectivity index (χ2n) is 16.4. The topological polar surface area (TPSA) is 203 Å². The Hall–Kier alpha value is -6.99. The first kappa shape index (κ1) is 48.5. The van der Waals surface area contributed by atoms with Crippen LogP contribution in [0.25, 0.3) is 11.3 Å². The van der Waals surface area contributed by atoms with Crippen LogP contribution in [-0.4, -0.2) is 102 Å². The fourth-order valence-corrected chi connectivity index (χ4v) is 8.36. The summed E-state index contributed by atoms with van der Waals surface area (Å²) in [7, 11) is 0. The number of nitrogens with one attached hydrogen (secondary N) is 4. The minimum absolute atomic E-state index is 0.0938. The predicted molar refractivity (Wildman–Crippen MR) is 252 cm³/mol. The molecule has 16 nitrogen and oxygen atoms in total. The molecule has 0 radical (unpaired) electrons. The minimum Gasteiger partial charge on any atom is -0.379 e. The van der Waals surface area contributed by atoms with Gasteiger partial charge >= 0.3 is 0 Å². The number of nitrogens with zero attached hydrogens (tertiary/aromatic N) is 4. The molecule has 4 N–H and O–H groups in total. The molecular weight excluding hydrogens is 914 g/mol. The first-order valence-electron chi connectivity index (χ1n) is 22.6. The number of hydrogen-bond acceptors (Lipinski definition) is 12. The highest BCUT2D eigenvalue weighted by Crippen LogP contribution is 2.36. The van der Waals surface area contributed by atoms with Crippen molar-refractivity contribution in [1.29, 1.82) is 0 Å². The molecular formula is C50H49ClF2N8O8. The maximum atomic E-state index is 14.9. The highest BCUT2D eigenvalue weighted by atomic mass is 35.5. The van der Waals surface area contributed by atoms with Crippen molar-refractivity contribution in [3.05, 3.63) is 135 Å². The molecule has 4 aromatic carbocycles. The number of fused-ring (bicyclic) bond motifs is 4. The van der Waals surface area contributed by atoms with E-state index in [1.807, 2.05) is 0 Å². The van der Waals surface area contributed by atoms with Crippen LogP contribution in [0.3, 0.4) is 0 Å². The Labute approximate surface area is 401 Å². The normalized spacial score (nSPS) is 15.1. The second-order valence-corrected chi connectivity index (χ2v) is 16.8. The van der Waals surface area contributed by atoms with Gasteiger partial charge in [0.15, 0.2) is 0 Å². The first-order valence-corrected chi connectivity index (χ1v) is 23.0. The lowest BCUT2D eigenvalue weighted by molar-refractivity contribution is -0.137. The van der Waals surface area contributed by atoms with E-state index in [9.17, 15) is 32.8 Å². The van der Waals surface area contributed by atoms with Crippen molar-refractivity contribution in [2.45, 2.75) is 57.7 Å². The summed E-state index contributed by atoms with van der Waals surface area (Å²) in [4.78, 5) is 77.7. The number of piperidine rings is 1. The van der Waals surface area contributed by atoms with E-state index in [0.29, 0.717) is 95.1 Å². The zero-order valence-electron chi connectivity index (χ0n) is 37.5. The number of imide groups is 1. The van der Waals surface area contributed by atoms with E-state index in [0.717, 1.165) is 19.3 Å². The number of rotatable bonds is 21. The molecule has 19 heteroatoms. The Balaban J connectivity index is 0.666. The van der Waals surface area contributed by atoms with E-state index >= 15 is 0 Å². The van der Waals surface area contributed by atoms with Gasteiger partial charge in [-0.25, -0.2) is 18.7 Å². The van der Waals surface area contributed by atoms with Crippen LogP contribution in [0.2, 0.25) is 5.02 Å². The van der Waals surface area contributed by atoms with Crippen molar-refractivity contribution in [3.63, 3.8) is 0 Å². The number of carbonyl (C=O) groups excluding carboxylic acids is 5. The molecule has 1 atom stereocenters. The summed E-state index contributed by atoms with van der Waals surface area (Å²) >= 11 is 6.34. The smallest absolute Gasteiger partial charge is 0.255 e. The largest absolute Gasteiger partial charge is 0.379 e. The maximum absolute atomic E-state index is 14.9. The molecule has 4 heterocycles. The van der Waals surface area contributed by atoms with Gasteiger partial charge in [0.1, 0.15) is 17.7 Å². The second kappa shape index (κ2) is 22.9. The van der Waals surface area contributed by atoms with Crippen LogP contribution >= 0.6 is 11.6 Å². The predicted octanol–water partition coefficient (Wildman–Crippen LogP) is 6.91. The maximum Gasteiger partial charge on any atom is 0.255 e. The van der Waals surface area contributed by atoms with Crippen LogP contribution in [0.15, 0.2) is 90.1 Å². The van der Waals surface area contributed by atoms with Crippen LogP contribution in [-0.2, 0) is 41.7 Å². The van der Waals surface area contributed by atoms with Gasteiger partial charge in [-0.3, -0.25) is 34.3 Å². The van der Waals surface area contributed by atoms with Crippen molar-refractivity contribution in [3.8, 4) is 11.3 Å². The fraction of sp³-hybridized carbons (Fsp3) is 0.320. The summed E-state index contributed by atoms with van der Waals surface area (Å²) in [6.45, 7) is 2.96. The molecule has 0 aliphatic carbocycles. The summed E-state index contributed by atoms with van der Waals surface area (Å²) in [5.41, 5.74) is 4.84. The fourth-order valence-electron chi connectivity index (χ4n) is 8.19. The van der Waals surface area contributed by atoms with Gasteiger partial charge < -0.3 is 35.1 Å². The number of aliphatic imine (C=N–C) groups is 1. The number of carbonyl (C=O) groups is 5. The number of anilines is 3. The monoisotopic (exact) mass is 962 g/mol. The quantitative estimate of drug-likeness (QED) is 0.0440. The van der Waals surface area contributed by atoms with Crippen LogP contribution in [0.4, 0.5) is 26.1 Å². The van der Waals surface area contributed by atoms with Crippen molar-refractivity contribution >= 4 is 64.2 Å². The van der Waals surface area contributed by atoms with Gasteiger partial charge in [-0.1, -0.05) is 29.8 Å². The highest BCUT2D eigenvalue weighted by molar-refractivity contribution is 6.31. The molecule has 3 aliphatic heterocycles. The molecule has 1 saturated heterocycles. The van der Waals surface area contributed by atoms with Crippen molar-refractivity contribution in [2.24, 2.45) is 4.99 Å². The standard InChI is InChI=1S/C50H49ClF2N8O8/c51-32-12-15-34-36(26-32)46(44-38(52)7-5-8-39(44)53)55-27-31-28-56-50(60-45(31)34)57-33-13-10-30(11-14-33)47(64)54-19-2-1-3-20-67-22-24-69-25-23-68-21-18-43(63)58-40-9-4-6-35-37(40)29-61(49(35)66)41-16-17-42(62)59-48(41)65/h4-15,26,28,41H,1-3,16-25,27,29H2,(H,54,64)(H,58,63)(H,56,57,60)(H,59,62,65). The zero-order chi connectivity index (χ0) is 48.3. The van der Waals surface area contributed by atoms with Gasteiger partial charge in [-0.05, 0) is 86.3 Å². The molecule has 5 aromatic rings. The van der Waals surface area contributed by atoms with Crippen LogP contribution in [0.5, 0.6) is 0 Å². The van der Waals surface area contributed by atoms with Gasteiger partial charge in [0.25, 0.3) is 11.8 Å². The molecule has 358 valence electrons. The lowest BCUT2D eigenvalue weighted by atomic mass is 9.95. The van der Waals surface area contributed by atoms with E-state index in [2.05, 4.69) is 31.2 Å².